The van der Waals surface area contributed by atoms with Crippen molar-refractivity contribution >= 4 is 5.97 Å². The van der Waals surface area contributed by atoms with Gasteiger partial charge in [0.2, 0.25) is 0 Å². The van der Waals surface area contributed by atoms with Crippen LogP contribution >= 0.6 is 0 Å². The molecule has 1 aromatic carbocycles. The average molecular weight is 260 g/mol. The number of carbonyl (C=O) groups is 1. The van der Waals surface area contributed by atoms with Crippen LogP contribution in [0.2, 0.25) is 0 Å². The van der Waals surface area contributed by atoms with Gasteiger partial charge in [-0.2, -0.15) is 0 Å². The molecule has 5 nitrogen and oxygen atoms in total. The van der Waals surface area contributed by atoms with E-state index in [2.05, 4.69) is 9.97 Å². The minimum atomic E-state index is -0.383. The van der Waals surface area contributed by atoms with Crippen LogP contribution in [0.5, 0.6) is 5.75 Å². The molecule has 0 radical (unpaired) electrons. The molecule has 0 saturated heterocycles. The van der Waals surface area contributed by atoms with Crippen molar-refractivity contribution in [3.63, 3.8) is 0 Å². The van der Waals surface area contributed by atoms with Gasteiger partial charge in [-0.3, -0.25) is 0 Å². The Hall–Kier alpha value is -2.30. The first-order valence-corrected chi connectivity index (χ1v) is 6.07. The molecule has 0 aliphatic carbocycles. The van der Waals surface area contributed by atoms with Crippen LogP contribution in [0, 0.1) is 0 Å². The van der Waals surface area contributed by atoms with Crippen molar-refractivity contribution < 1.29 is 14.3 Å². The molecule has 0 fully saturated rings. The zero-order chi connectivity index (χ0) is 13.7. The van der Waals surface area contributed by atoms with Crippen molar-refractivity contribution in [2.45, 2.75) is 13.3 Å². The van der Waals surface area contributed by atoms with E-state index in [1.54, 1.807) is 14.0 Å². The molecule has 5 heteroatoms. The highest BCUT2D eigenvalue weighted by Crippen LogP contribution is 2.15. The first kappa shape index (κ1) is 13.1. The van der Waals surface area contributed by atoms with Gasteiger partial charge in [0.15, 0.2) is 0 Å². The van der Waals surface area contributed by atoms with Crippen LogP contribution in [-0.2, 0) is 11.2 Å². The molecule has 100 valence electrons. The van der Waals surface area contributed by atoms with E-state index in [0.717, 1.165) is 17.1 Å². The molecular weight excluding hydrogens is 244 g/mol. The molecule has 0 amide bonds. The van der Waals surface area contributed by atoms with Gasteiger partial charge < -0.3 is 14.5 Å². The fourth-order valence-electron chi connectivity index (χ4n) is 1.74. The summed E-state index contributed by atoms with van der Waals surface area (Å²) in [5.74, 6) is 1.14. The second-order valence-electron chi connectivity index (χ2n) is 3.99. The van der Waals surface area contributed by atoms with Crippen molar-refractivity contribution in [3.8, 4) is 5.75 Å². The Bertz CT molecular complexity index is 563. The smallest absolute Gasteiger partial charge is 0.356 e. The van der Waals surface area contributed by atoms with Gasteiger partial charge in [-0.25, -0.2) is 9.78 Å². The highest BCUT2D eigenvalue weighted by Gasteiger charge is 2.10. The molecule has 2 aromatic rings. The summed E-state index contributed by atoms with van der Waals surface area (Å²) in [7, 11) is 1.63. The summed E-state index contributed by atoms with van der Waals surface area (Å²) < 4.78 is 10.1. The number of nitrogens with zero attached hydrogens (tertiary/aromatic N) is 1. The van der Waals surface area contributed by atoms with Crippen molar-refractivity contribution in [1.82, 2.24) is 9.97 Å². The number of aromatic nitrogens is 2. The number of aromatic amines is 1. The minimum absolute atomic E-state index is 0.350. The molecule has 0 atom stereocenters. The molecule has 0 aliphatic heterocycles. The summed E-state index contributed by atoms with van der Waals surface area (Å²) >= 11 is 0. The lowest BCUT2D eigenvalue weighted by Gasteiger charge is -2.02. The van der Waals surface area contributed by atoms with Gasteiger partial charge in [0.25, 0.3) is 0 Å². The van der Waals surface area contributed by atoms with Crippen LogP contribution in [0.1, 0.15) is 28.8 Å². The second kappa shape index (κ2) is 6.04. The average Bonchev–Trinajstić information content (AvgIpc) is 2.88. The standard InChI is InChI=1S/C14H16N2O3/c1-3-19-14(17)12-9-15-13(16-12)8-10-5-4-6-11(7-10)18-2/h4-7,9H,3,8H2,1-2H3,(H,15,16). The van der Waals surface area contributed by atoms with E-state index in [9.17, 15) is 4.79 Å². The van der Waals surface area contributed by atoms with E-state index in [1.807, 2.05) is 24.3 Å². The maximum atomic E-state index is 11.5. The Balaban J connectivity index is 2.09. The Morgan fingerprint density at radius 1 is 1.42 bits per heavy atom. The Kier molecular flexibility index (Phi) is 4.18. The highest BCUT2D eigenvalue weighted by molar-refractivity contribution is 5.86. The summed E-state index contributed by atoms with van der Waals surface area (Å²) in [4.78, 5) is 18.6. The number of hydrogen-bond donors (Lipinski definition) is 1. The lowest BCUT2D eigenvalue weighted by Crippen LogP contribution is -2.05. The summed E-state index contributed by atoms with van der Waals surface area (Å²) in [6, 6.07) is 7.72. The number of methoxy groups -OCH3 is 1. The SMILES string of the molecule is CCOC(=O)c1cnc(Cc2cccc(OC)c2)[nH]1. The van der Waals surface area contributed by atoms with Crippen LogP contribution in [0.3, 0.4) is 0 Å². The largest absolute Gasteiger partial charge is 0.497 e. The Morgan fingerprint density at radius 3 is 3.00 bits per heavy atom. The van der Waals surface area contributed by atoms with Crippen molar-refractivity contribution in [3.05, 3.63) is 47.5 Å². The van der Waals surface area contributed by atoms with Gasteiger partial charge in [0.05, 0.1) is 19.9 Å². The predicted molar refractivity (Wildman–Crippen MR) is 70.3 cm³/mol. The van der Waals surface area contributed by atoms with Gasteiger partial charge in [0, 0.05) is 6.42 Å². The monoisotopic (exact) mass is 260 g/mol. The maximum absolute atomic E-state index is 11.5. The summed E-state index contributed by atoms with van der Waals surface area (Å²) in [6.45, 7) is 2.12. The van der Waals surface area contributed by atoms with Crippen molar-refractivity contribution in [2.75, 3.05) is 13.7 Å². The number of H-pyrrole nitrogens is 1. The van der Waals surface area contributed by atoms with E-state index >= 15 is 0 Å². The third-order valence-corrected chi connectivity index (χ3v) is 2.63. The Labute approximate surface area is 111 Å². The molecule has 19 heavy (non-hydrogen) atoms. The topological polar surface area (TPSA) is 64.2 Å². The number of esters is 1. The number of ether oxygens (including phenoxy) is 2. The Morgan fingerprint density at radius 2 is 2.26 bits per heavy atom. The fraction of sp³-hybridized carbons (Fsp3) is 0.286. The fourth-order valence-corrected chi connectivity index (χ4v) is 1.74. The zero-order valence-electron chi connectivity index (χ0n) is 11.0. The van der Waals surface area contributed by atoms with Crippen LogP contribution < -0.4 is 4.74 Å². The molecule has 1 heterocycles. The van der Waals surface area contributed by atoms with Crippen LogP contribution in [0.25, 0.3) is 0 Å². The van der Waals surface area contributed by atoms with Gasteiger partial charge >= 0.3 is 5.97 Å². The number of imidazole rings is 1. The number of benzene rings is 1. The highest BCUT2D eigenvalue weighted by atomic mass is 16.5. The van der Waals surface area contributed by atoms with Crippen LogP contribution in [0.15, 0.2) is 30.5 Å². The van der Waals surface area contributed by atoms with E-state index in [0.29, 0.717) is 18.7 Å². The molecule has 2 rings (SSSR count). The van der Waals surface area contributed by atoms with E-state index < -0.39 is 0 Å². The van der Waals surface area contributed by atoms with Gasteiger partial charge in [0.1, 0.15) is 17.3 Å². The molecule has 0 saturated carbocycles. The zero-order valence-corrected chi connectivity index (χ0v) is 11.0. The molecule has 0 spiro atoms. The lowest BCUT2D eigenvalue weighted by molar-refractivity contribution is 0.0520. The lowest BCUT2D eigenvalue weighted by atomic mass is 10.1. The number of hydrogen-bond acceptors (Lipinski definition) is 4. The third-order valence-electron chi connectivity index (χ3n) is 2.63. The number of rotatable bonds is 5. The molecule has 0 aliphatic rings. The van der Waals surface area contributed by atoms with E-state index in [-0.39, 0.29) is 5.97 Å². The molecule has 0 unspecified atom stereocenters. The number of nitrogens with one attached hydrogen (secondary N) is 1. The first-order valence-electron chi connectivity index (χ1n) is 6.07. The molecule has 1 aromatic heterocycles. The van der Waals surface area contributed by atoms with Gasteiger partial charge in [-0.15, -0.1) is 0 Å². The summed E-state index contributed by atoms with van der Waals surface area (Å²) in [5, 5.41) is 0. The van der Waals surface area contributed by atoms with E-state index in [4.69, 9.17) is 9.47 Å². The maximum Gasteiger partial charge on any atom is 0.356 e. The van der Waals surface area contributed by atoms with Crippen LogP contribution in [0.4, 0.5) is 0 Å². The van der Waals surface area contributed by atoms with E-state index in [1.165, 1.54) is 6.20 Å². The van der Waals surface area contributed by atoms with Gasteiger partial charge in [-0.05, 0) is 24.6 Å². The van der Waals surface area contributed by atoms with Crippen molar-refractivity contribution in [2.24, 2.45) is 0 Å². The molecular formula is C14H16N2O3. The van der Waals surface area contributed by atoms with Crippen molar-refractivity contribution in [1.29, 1.82) is 0 Å². The predicted octanol–water partition coefficient (Wildman–Crippen LogP) is 2.19. The minimum Gasteiger partial charge on any atom is -0.497 e. The summed E-state index contributed by atoms with van der Waals surface area (Å²) in [6.07, 6.45) is 2.10. The normalized spacial score (nSPS) is 10.2. The van der Waals surface area contributed by atoms with Crippen LogP contribution in [-0.4, -0.2) is 29.7 Å². The first-order chi connectivity index (χ1) is 9.22. The van der Waals surface area contributed by atoms with Gasteiger partial charge in [-0.1, -0.05) is 12.1 Å². The quantitative estimate of drug-likeness (QED) is 0.837. The third kappa shape index (κ3) is 3.34. The molecule has 1 N–H and O–H groups in total. The number of carbonyl (C=O) groups excluding carboxylic acids is 1. The summed E-state index contributed by atoms with van der Waals surface area (Å²) in [5.41, 5.74) is 1.43. The molecule has 0 bridgehead atoms. The second-order valence-corrected chi connectivity index (χ2v) is 3.99.